The number of halogens is 1. The number of carbonyl (C=O) groups is 1. The number of aromatic nitrogens is 4. The zero-order chi connectivity index (χ0) is 15.0. The van der Waals surface area contributed by atoms with Gasteiger partial charge >= 0.3 is 0 Å². The summed E-state index contributed by atoms with van der Waals surface area (Å²) < 4.78 is 0. The number of imidazole rings is 1. The Labute approximate surface area is 125 Å². The number of hydrogen-bond acceptors (Lipinski definition) is 3. The average Bonchev–Trinajstić information content (AvgIpc) is 3.04. The average molecular weight is 304 g/mol. The second-order valence-electron chi connectivity index (χ2n) is 4.89. The van der Waals surface area contributed by atoms with Crippen LogP contribution >= 0.6 is 11.6 Å². The first-order chi connectivity index (χ1) is 10.0. The number of aromatic amines is 2. The molecule has 1 amide bonds. The fraction of sp³-hybridized carbons (Fsp3) is 0.214. The second kappa shape index (κ2) is 5.21. The van der Waals surface area contributed by atoms with Gasteiger partial charge in [0, 0.05) is 10.7 Å². The minimum absolute atomic E-state index is 0.188. The van der Waals surface area contributed by atoms with Crippen LogP contribution in [0.15, 0.2) is 24.4 Å². The molecule has 0 spiro atoms. The van der Waals surface area contributed by atoms with E-state index in [0.29, 0.717) is 16.4 Å². The van der Waals surface area contributed by atoms with Crippen LogP contribution in [0.4, 0.5) is 0 Å². The van der Waals surface area contributed by atoms with E-state index in [9.17, 15) is 4.79 Å². The maximum absolute atomic E-state index is 12.1. The minimum atomic E-state index is -0.252. The van der Waals surface area contributed by atoms with Crippen LogP contribution < -0.4 is 5.32 Å². The van der Waals surface area contributed by atoms with Gasteiger partial charge in [-0.15, -0.1) is 0 Å². The predicted molar refractivity (Wildman–Crippen MR) is 80.3 cm³/mol. The summed E-state index contributed by atoms with van der Waals surface area (Å²) in [5.41, 5.74) is 2.92. The Morgan fingerprint density at radius 3 is 2.95 bits per heavy atom. The SMILES string of the molecule is Cc1[nH]ncc1C(=O)NC(C)c1nc2ccc(Cl)cc2[nH]1. The monoisotopic (exact) mass is 303 g/mol. The quantitative estimate of drug-likeness (QED) is 0.695. The van der Waals surface area contributed by atoms with Crippen molar-refractivity contribution in [1.29, 1.82) is 0 Å². The van der Waals surface area contributed by atoms with Gasteiger partial charge in [-0.05, 0) is 32.0 Å². The Hall–Kier alpha value is -2.34. The molecule has 1 unspecified atom stereocenters. The first kappa shape index (κ1) is 13.6. The lowest BCUT2D eigenvalue weighted by molar-refractivity contribution is 0.0938. The molecule has 6 nitrogen and oxygen atoms in total. The number of H-pyrrole nitrogens is 2. The molecule has 0 saturated heterocycles. The van der Waals surface area contributed by atoms with Crippen molar-refractivity contribution in [1.82, 2.24) is 25.5 Å². The minimum Gasteiger partial charge on any atom is -0.342 e. The molecule has 3 rings (SSSR count). The lowest BCUT2D eigenvalue weighted by atomic mass is 10.2. The first-order valence-electron chi connectivity index (χ1n) is 6.50. The number of rotatable bonds is 3. The van der Waals surface area contributed by atoms with Crippen LogP contribution in [0, 0.1) is 6.92 Å². The highest BCUT2D eigenvalue weighted by Crippen LogP contribution is 2.20. The van der Waals surface area contributed by atoms with Crippen LogP contribution in [-0.4, -0.2) is 26.1 Å². The van der Waals surface area contributed by atoms with Crippen molar-refractivity contribution in [2.75, 3.05) is 0 Å². The van der Waals surface area contributed by atoms with E-state index in [4.69, 9.17) is 11.6 Å². The van der Waals surface area contributed by atoms with Gasteiger partial charge in [0.25, 0.3) is 5.91 Å². The van der Waals surface area contributed by atoms with E-state index in [1.807, 2.05) is 19.1 Å². The number of amides is 1. The molecule has 0 radical (unpaired) electrons. The summed E-state index contributed by atoms with van der Waals surface area (Å²) in [6.45, 7) is 3.67. The van der Waals surface area contributed by atoms with Crippen LogP contribution in [0.5, 0.6) is 0 Å². The molecule has 0 saturated carbocycles. The molecule has 3 N–H and O–H groups in total. The highest BCUT2D eigenvalue weighted by atomic mass is 35.5. The lowest BCUT2D eigenvalue weighted by Crippen LogP contribution is -2.27. The van der Waals surface area contributed by atoms with Crippen molar-refractivity contribution in [3.63, 3.8) is 0 Å². The van der Waals surface area contributed by atoms with Gasteiger partial charge in [-0.2, -0.15) is 5.10 Å². The molecule has 2 aromatic heterocycles. The molecule has 0 aliphatic rings. The van der Waals surface area contributed by atoms with Crippen molar-refractivity contribution in [2.45, 2.75) is 19.9 Å². The molecule has 108 valence electrons. The summed E-state index contributed by atoms with van der Waals surface area (Å²) in [6.07, 6.45) is 1.51. The van der Waals surface area contributed by atoms with Crippen LogP contribution in [0.2, 0.25) is 5.02 Å². The van der Waals surface area contributed by atoms with Gasteiger partial charge in [0.1, 0.15) is 5.82 Å². The van der Waals surface area contributed by atoms with Gasteiger partial charge in [-0.25, -0.2) is 4.98 Å². The van der Waals surface area contributed by atoms with Crippen molar-refractivity contribution < 1.29 is 4.79 Å². The topological polar surface area (TPSA) is 86.5 Å². The van der Waals surface area contributed by atoms with Crippen molar-refractivity contribution in [2.24, 2.45) is 0 Å². The normalized spacial score (nSPS) is 12.5. The zero-order valence-corrected chi connectivity index (χ0v) is 12.3. The molecule has 1 aromatic carbocycles. The van der Waals surface area contributed by atoms with Gasteiger partial charge in [0.2, 0.25) is 0 Å². The predicted octanol–water partition coefficient (Wildman–Crippen LogP) is 2.74. The third kappa shape index (κ3) is 2.62. The van der Waals surface area contributed by atoms with Gasteiger partial charge in [-0.1, -0.05) is 11.6 Å². The zero-order valence-electron chi connectivity index (χ0n) is 11.6. The Morgan fingerprint density at radius 1 is 1.43 bits per heavy atom. The van der Waals surface area contributed by atoms with Crippen molar-refractivity contribution >= 4 is 28.5 Å². The fourth-order valence-corrected chi connectivity index (χ4v) is 2.30. The van der Waals surface area contributed by atoms with Crippen molar-refractivity contribution in [3.8, 4) is 0 Å². The summed E-state index contributed by atoms with van der Waals surface area (Å²) >= 11 is 5.95. The maximum Gasteiger partial charge on any atom is 0.255 e. The molecule has 1 atom stereocenters. The number of fused-ring (bicyclic) bond motifs is 1. The summed E-state index contributed by atoms with van der Waals surface area (Å²) in [5.74, 6) is 0.494. The van der Waals surface area contributed by atoms with E-state index in [1.165, 1.54) is 6.20 Å². The number of aryl methyl sites for hydroxylation is 1. The molecule has 0 aliphatic carbocycles. The number of hydrogen-bond donors (Lipinski definition) is 3. The highest BCUT2D eigenvalue weighted by molar-refractivity contribution is 6.31. The van der Waals surface area contributed by atoms with Gasteiger partial charge in [-0.3, -0.25) is 9.89 Å². The smallest absolute Gasteiger partial charge is 0.255 e. The number of carbonyl (C=O) groups excluding carboxylic acids is 1. The first-order valence-corrected chi connectivity index (χ1v) is 6.88. The Morgan fingerprint density at radius 2 is 2.24 bits per heavy atom. The summed E-state index contributed by atoms with van der Waals surface area (Å²) in [7, 11) is 0. The van der Waals surface area contributed by atoms with E-state index in [2.05, 4.69) is 25.5 Å². The van der Waals surface area contributed by atoms with Gasteiger partial charge < -0.3 is 10.3 Å². The molecule has 0 fully saturated rings. The highest BCUT2D eigenvalue weighted by Gasteiger charge is 2.17. The third-order valence-corrected chi connectivity index (χ3v) is 3.53. The summed E-state index contributed by atoms with van der Waals surface area (Å²) in [4.78, 5) is 19.8. The van der Waals surface area contributed by atoms with Crippen LogP contribution in [0.1, 0.15) is 34.8 Å². The third-order valence-electron chi connectivity index (χ3n) is 3.29. The Balaban J connectivity index is 1.82. The maximum atomic E-state index is 12.1. The van der Waals surface area contributed by atoms with Crippen LogP contribution in [0.3, 0.4) is 0 Å². The number of benzene rings is 1. The van der Waals surface area contributed by atoms with Gasteiger partial charge in [0.05, 0.1) is 28.8 Å². The molecular weight excluding hydrogens is 290 g/mol. The van der Waals surface area contributed by atoms with E-state index < -0.39 is 0 Å². The van der Waals surface area contributed by atoms with E-state index in [0.717, 1.165) is 16.7 Å². The lowest BCUT2D eigenvalue weighted by Gasteiger charge is -2.10. The molecule has 0 aliphatic heterocycles. The van der Waals surface area contributed by atoms with Crippen molar-refractivity contribution in [3.05, 3.63) is 46.5 Å². The second-order valence-corrected chi connectivity index (χ2v) is 5.32. The van der Waals surface area contributed by atoms with Gasteiger partial charge in [0.15, 0.2) is 0 Å². The standard InChI is InChI=1S/C14H14ClN5O/c1-7-10(6-16-20-7)14(21)17-8(2)13-18-11-4-3-9(15)5-12(11)19-13/h3-6,8H,1-2H3,(H,16,20)(H,17,21)(H,18,19). The van der Waals surface area contributed by atoms with Crippen LogP contribution in [-0.2, 0) is 0 Å². The van der Waals surface area contributed by atoms with E-state index >= 15 is 0 Å². The largest absolute Gasteiger partial charge is 0.342 e. The molecule has 21 heavy (non-hydrogen) atoms. The van der Waals surface area contributed by atoms with Crippen LogP contribution in [0.25, 0.3) is 11.0 Å². The summed E-state index contributed by atoms with van der Waals surface area (Å²) in [6, 6.07) is 5.18. The molecule has 7 heteroatoms. The Kier molecular flexibility index (Phi) is 3.39. The molecule has 0 bridgehead atoms. The fourth-order valence-electron chi connectivity index (χ4n) is 2.13. The number of nitrogens with one attached hydrogen (secondary N) is 3. The molecular formula is C14H14ClN5O. The Bertz CT molecular complexity index is 807. The molecule has 2 heterocycles. The van der Waals surface area contributed by atoms with E-state index in [-0.39, 0.29) is 11.9 Å². The summed E-state index contributed by atoms with van der Waals surface area (Å²) in [5, 5.41) is 10.1. The number of nitrogens with zero attached hydrogens (tertiary/aromatic N) is 2. The molecule has 3 aromatic rings. The van der Waals surface area contributed by atoms with E-state index in [1.54, 1.807) is 13.0 Å².